The lowest BCUT2D eigenvalue weighted by Crippen LogP contribution is -2.42. The number of halogens is 1. The Morgan fingerprint density at radius 3 is 3.00 bits per heavy atom. The Hall–Kier alpha value is -1.37. The molecule has 2 heterocycles. The second kappa shape index (κ2) is 5.51. The summed E-state index contributed by atoms with van der Waals surface area (Å²) in [6.07, 6.45) is 2.90. The van der Waals surface area contributed by atoms with Gasteiger partial charge in [-0.2, -0.15) is 5.10 Å². The molecule has 1 aliphatic rings. The topological polar surface area (TPSA) is 76.0 Å². The van der Waals surface area contributed by atoms with Crippen molar-refractivity contribution in [2.45, 2.75) is 32.4 Å². The third-order valence-electron chi connectivity index (χ3n) is 2.91. The van der Waals surface area contributed by atoms with E-state index in [1.807, 2.05) is 6.92 Å². The van der Waals surface area contributed by atoms with Crippen molar-refractivity contribution >= 4 is 27.5 Å². The highest BCUT2D eigenvalue weighted by Gasteiger charge is 2.19. The fraction of sp³-hybridized carbons (Fsp3) is 0.545. The van der Waals surface area contributed by atoms with Crippen molar-refractivity contribution in [1.29, 1.82) is 0 Å². The van der Waals surface area contributed by atoms with Gasteiger partial charge in [-0.05, 0) is 29.3 Å². The molecule has 2 rings (SSSR count). The molecule has 1 atom stereocenters. The van der Waals surface area contributed by atoms with Crippen LogP contribution in [0.4, 0.5) is 5.69 Å². The summed E-state index contributed by atoms with van der Waals surface area (Å²) >= 11 is 3.29. The lowest BCUT2D eigenvalue weighted by molar-refractivity contribution is -0.122. The van der Waals surface area contributed by atoms with Gasteiger partial charge in [-0.25, -0.2) is 4.68 Å². The maximum absolute atomic E-state index is 11.9. The summed E-state index contributed by atoms with van der Waals surface area (Å²) in [5.41, 5.74) is 0.521. The van der Waals surface area contributed by atoms with Gasteiger partial charge in [0, 0.05) is 25.6 Å². The number of hydrogen-bond acceptors (Lipinski definition) is 4. The van der Waals surface area contributed by atoms with Gasteiger partial charge in [-0.15, -0.1) is 0 Å². The van der Waals surface area contributed by atoms with Gasteiger partial charge in [0.05, 0.1) is 11.9 Å². The van der Waals surface area contributed by atoms with Crippen LogP contribution >= 0.6 is 15.9 Å². The Morgan fingerprint density at radius 1 is 1.61 bits per heavy atom. The van der Waals surface area contributed by atoms with Crippen molar-refractivity contribution < 1.29 is 4.79 Å². The highest BCUT2D eigenvalue weighted by Crippen LogP contribution is 2.19. The van der Waals surface area contributed by atoms with Gasteiger partial charge in [0.1, 0.15) is 4.47 Å². The molecule has 2 N–H and O–H groups in total. The Morgan fingerprint density at radius 2 is 2.39 bits per heavy atom. The number of hydrogen-bond donors (Lipinski definition) is 2. The molecule has 1 amide bonds. The van der Waals surface area contributed by atoms with Crippen molar-refractivity contribution in [2.75, 3.05) is 11.9 Å². The lowest BCUT2D eigenvalue weighted by atomic mass is 10.1. The Bertz CT molecular complexity index is 504. The number of piperidine rings is 1. The molecule has 0 aromatic carbocycles. The molecule has 0 bridgehead atoms. The van der Waals surface area contributed by atoms with E-state index in [-0.39, 0.29) is 17.5 Å². The van der Waals surface area contributed by atoms with Gasteiger partial charge in [-0.1, -0.05) is 0 Å². The second-order valence-corrected chi connectivity index (χ2v) is 4.97. The van der Waals surface area contributed by atoms with Crippen LogP contribution in [-0.2, 0) is 11.3 Å². The summed E-state index contributed by atoms with van der Waals surface area (Å²) < 4.78 is 1.87. The molecule has 0 spiro atoms. The smallest absolute Gasteiger partial charge is 0.283 e. The average molecular weight is 315 g/mol. The molecular formula is C11H15BrN4O2. The van der Waals surface area contributed by atoms with Crippen molar-refractivity contribution in [3.05, 3.63) is 21.0 Å². The molecule has 7 heteroatoms. The molecule has 1 aromatic heterocycles. The van der Waals surface area contributed by atoms with E-state index in [0.29, 0.717) is 29.7 Å². The van der Waals surface area contributed by atoms with E-state index >= 15 is 0 Å². The summed E-state index contributed by atoms with van der Waals surface area (Å²) in [7, 11) is 0. The third kappa shape index (κ3) is 2.72. The zero-order valence-electron chi connectivity index (χ0n) is 10.1. The van der Waals surface area contributed by atoms with E-state index in [9.17, 15) is 9.59 Å². The van der Waals surface area contributed by atoms with Crippen LogP contribution in [0.25, 0.3) is 0 Å². The predicted octanol–water partition coefficient (Wildman–Crippen LogP) is 0.716. The molecular weight excluding hydrogens is 300 g/mol. The van der Waals surface area contributed by atoms with E-state index in [1.54, 1.807) is 6.20 Å². The van der Waals surface area contributed by atoms with Gasteiger partial charge in [-0.3, -0.25) is 9.59 Å². The minimum Gasteiger partial charge on any atom is -0.378 e. The Kier molecular flexibility index (Phi) is 4.00. The van der Waals surface area contributed by atoms with E-state index in [0.717, 1.165) is 6.42 Å². The number of nitrogens with zero attached hydrogens (tertiary/aromatic N) is 2. The van der Waals surface area contributed by atoms with Gasteiger partial charge in [0.2, 0.25) is 5.91 Å². The predicted molar refractivity (Wildman–Crippen MR) is 71.5 cm³/mol. The van der Waals surface area contributed by atoms with Crippen molar-refractivity contribution in [3.63, 3.8) is 0 Å². The molecule has 0 aliphatic carbocycles. The first-order valence-corrected chi connectivity index (χ1v) is 6.70. The van der Waals surface area contributed by atoms with Crippen LogP contribution < -0.4 is 16.2 Å². The lowest BCUT2D eigenvalue weighted by Gasteiger charge is -2.24. The van der Waals surface area contributed by atoms with Crippen LogP contribution in [0.1, 0.15) is 19.8 Å². The SMILES string of the molecule is CCn1ncc(NC2CCC(=O)NC2)c(Br)c1=O. The van der Waals surface area contributed by atoms with Crippen LogP contribution in [0.5, 0.6) is 0 Å². The first kappa shape index (κ1) is 13.1. The normalized spacial score (nSPS) is 19.4. The summed E-state index contributed by atoms with van der Waals surface area (Å²) in [4.78, 5) is 22.9. The third-order valence-corrected chi connectivity index (χ3v) is 3.68. The molecule has 0 saturated carbocycles. The number of amides is 1. The molecule has 1 fully saturated rings. The Balaban J connectivity index is 2.12. The van der Waals surface area contributed by atoms with Crippen LogP contribution in [0, 0.1) is 0 Å². The maximum Gasteiger partial charge on any atom is 0.283 e. The molecule has 1 saturated heterocycles. The van der Waals surface area contributed by atoms with Crippen molar-refractivity contribution in [3.8, 4) is 0 Å². The highest BCUT2D eigenvalue weighted by molar-refractivity contribution is 9.10. The average Bonchev–Trinajstić information content (AvgIpc) is 2.38. The maximum atomic E-state index is 11.9. The second-order valence-electron chi connectivity index (χ2n) is 4.18. The van der Waals surface area contributed by atoms with E-state index in [2.05, 4.69) is 31.7 Å². The minimum absolute atomic E-state index is 0.0756. The van der Waals surface area contributed by atoms with Gasteiger partial charge < -0.3 is 10.6 Å². The van der Waals surface area contributed by atoms with Crippen molar-refractivity contribution in [1.82, 2.24) is 15.1 Å². The first-order valence-electron chi connectivity index (χ1n) is 5.90. The molecule has 1 unspecified atom stereocenters. The van der Waals surface area contributed by atoms with Crippen LogP contribution in [0.15, 0.2) is 15.5 Å². The molecule has 6 nitrogen and oxygen atoms in total. The summed E-state index contributed by atoms with van der Waals surface area (Å²) in [6, 6.07) is 0.137. The number of rotatable bonds is 3. The molecule has 1 aromatic rings. The molecule has 18 heavy (non-hydrogen) atoms. The highest BCUT2D eigenvalue weighted by atomic mass is 79.9. The monoisotopic (exact) mass is 314 g/mol. The zero-order valence-corrected chi connectivity index (χ0v) is 11.7. The zero-order chi connectivity index (χ0) is 13.1. The Labute approximate surface area is 113 Å². The summed E-state index contributed by atoms with van der Waals surface area (Å²) in [5, 5.41) is 10.1. The van der Waals surface area contributed by atoms with Crippen LogP contribution in [0.2, 0.25) is 0 Å². The summed E-state index contributed by atoms with van der Waals surface area (Å²) in [6.45, 7) is 2.98. The number of aryl methyl sites for hydroxylation is 1. The standard InChI is InChI=1S/C11H15BrN4O2/c1-2-16-11(18)10(12)8(6-14-16)15-7-3-4-9(17)13-5-7/h6-7,15H,2-5H2,1H3,(H,13,17). The van der Waals surface area contributed by atoms with Crippen molar-refractivity contribution in [2.24, 2.45) is 0 Å². The van der Waals surface area contributed by atoms with Gasteiger partial charge in [0.15, 0.2) is 0 Å². The fourth-order valence-electron chi connectivity index (χ4n) is 1.87. The number of anilines is 1. The quantitative estimate of drug-likeness (QED) is 0.862. The minimum atomic E-state index is -0.151. The molecule has 98 valence electrons. The number of carbonyl (C=O) groups is 1. The van der Waals surface area contributed by atoms with Gasteiger partial charge in [0.25, 0.3) is 5.56 Å². The summed E-state index contributed by atoms with van der Waals surface area (Å²) in [5.74, 6) is 0.0756. The number of nitrogens with one attached hydrogen (secondary N) is 2. The number of aromatic nitrogens is 2. The molecule has 1 aliphatic heterocycles. The largest absolute Gasteiger partial charge is 0.378 e. The first-order chi connectivity index (χ1) is 8.61. The van der Waals surface area contributed by atoms with Gasteiger partial charge >= 0.3 is 0 Å². The molecule has 0 radical (unpaired) electrons. The van der Waals surface area contributed by atoms with E-state index in [1.165, 1.54) is 4.68 Å². The number of carbonyl (C=O) groups excluding carboxylic acids is 1. The fourth-order valence-corrected chi connectivity index (χ4v) is 2.29. The van der Waals surface area contributed by atoms with E-state index in [4.69, 9.17) is 0 Å². The van der Waals surface area contributed by atoms with Crippen LogP contribution in [-0.4, -0.2) is 28.3 Å². The van der Waals surface area contributed by atoms with E-state index < -0.39 is 0 Å². The van der Waals surface area contributed by atoms with Crippen LogP contribution in [0.3, 0.4) is 0 Å².